The van der Waals surface area contributed by atoms with Crippen LogP contribution in [-0.2, 0) is 32.0 Å². The maximum absolute atomic E-state index is 12.9. The highest BCUT2D eigenvalue weighted by Gasteiger charge is 2.41. The first kappa shape index (κ1) is 32.0. The van der Waals surface area contributed by atoms with Crippen LogP contribution in [0.4, 0.5) is 4.79 Å². The van der Waals surface area contributed by atoms with Crippen molar-refractivity contribution in [1.82, 2.24) is 5.32 Å². The maximum atomic E-state index is 12.9. The number of carbonyl (C=O) groups is 2. The number of amides is 1. The van der Waals surface area contributed by atoms with Crippen molar-refractivity contribution in [3.63, 3.8) is 0 Å². The van der Waals surface area contributed by atoms with Crippen LogP contribution in [0.2, 0.25) is 0 Å². The van der Waals surface area contributed by atoms with Crippen LogP contribution >= 0.6 is 0 Å². The van der Waals surface area contributed by atoms with E-state index in [4.69, 9.17) is 23.7 Å². The molecule has 4 atom stereocenters. The van der Waals surface area contributed by atoms with Crippen LogP contribution in [0.5, 0.6) is 11.5 Å². The molecule has 0 aliphatic carbocycles. The first-order valence-corrected chi connectivity index (χ1v) is 14.3. The van der Waals surface area contributed by atoms with Crippen LogP contribution in [-0.4, -0.2) is 51.6 Å². The van der Waals surface area contributed by atoms with E-state index in [1.54, 1.807) is 14.2 Å². The number of hydrogen-bond donors (Lipinski definition) is 1. The van der Waals surface area contributed by atoms with Crippen LogP contribution in [0.1, 0.15) is 51.2 Å². The molecule has 224 valence electrons. The molecule has 8 nitrogen and oxygen atoms in total. The molecule has 8 heteroatoms. The highest BCUT2D eigenvalue weighted by atomic mass is 16.6. The van der Waals surface area contributed by atoms with Gasteiger partial charge in [-0.3, -0.25) is 4.79 Å². The highest BCUT2D eigenvalue weighted by molar-refractivity contribution is 5.78. The van der Waals surface area contributed by atoms with E-state index >= 15 is 0 Å². The number of alkyl carbamates (subject to hydrolysis) is 1. The number of benzene rings is 2. The minimum atomic E-state index is -0.535. The van der Waals surface area contributed by atoms with Gasteiger partial charge in [-0.2, -0.15) is 0 Å². The predicted molar refractivity (Wildman–Crippen MR) is 158 cm³/mol. The molecular formula is C33H45NO7. The van der Waals surface area contributed by atoms with E-state index in [1.165, 1.54) is 0 Å². The van der Waals surface area contributed by atoms with Crippen molar-refractivity contribution in [1.29, 1.82) is 0 Å². The minimum absolute atomic E-state index is 0.158. The van der Waals surface area contributed by atoms with E-state index in [1.807, 2.05) is 55.5 Å². The lowest BCUT2D eigenvalue weighted by atomic mass is 9.82. The SMILES string of the molecule is C=C(C)C1CC(C(CC(Cc2ccc(OC)c(OCCCOC)c2)C(C)C)NC(=O)OCc2ccccc2)OC1=O. The number of ether oxygens (including phenoxy) is 5. The summed E-state index contributed by atoms with van der Waals surface area (Å²) in [6.07, 6.45) is 1.60. The molecule has 4 unspecified atom stereocenters. The summed E-state index contributed by atoms with van der Waals surface area (Å²) in [6.45, 7) is 11.4. The molecule has 1 amide bonds. The number of esters is 1. The lowest BCUT2D eigenvalue weighted by Gasteiger charge is -2.30. The van der Waals surface area contributed by atoms with E-state index in [0.717, 1.165) is 29.5 Å². The van der Waals surface area contributed by atoms with Crippen molar-refractivity contribution in [3.8, 4) is 11.5 Å². The van der Waals surface area contributed by atoms with Gasteiger partial charge in [0.05, 0.1) is 25.7 Å². The normalized spacial score (nSPS) is 18.0. The van der Waals surface area contributed by atoms with E-state index in [-0.39, 0.29) is 24.4 Å². The first-order valence-electron chi connectivity index (χ1n) is 14.3. The molecule has 1 N–H and O–H groups in total. The average Bonchev–Trinajstić information content (AvgIpc) is 3.36. The Labute approximate surface area is 244 Å². The third-order valence-corrected chi connectivity index (χ3v) is 7.56. The number of rotatable bonds is 16. The smallest absolute Gasteiger partial charge is 0.407 e. The molecule has 0 spiro atoms. The van der Waals surface area contributed by atoms with Gasteiger partial charge in [-0.15, -0.1) is 0 Å². The van der Waals surface area contributed by atoms with Crippen LogP contribution in [0, 0.1) is 17.8 Å². The molecule has 2 aromatic rings. The summed E-state index contributed by atoms with van der Waals surface area (Å²) in [4.78, 5) is 25.5. The zero-order chi connectivity index (χ0) is 29.8. The standard InChI is InChI=1S/C33H45NO7/c1-22(2)26(17-25-13-14-29(38-6)31(18-25)39-16-10-15-37-5)19-28(30-20-27(23(3)4)32(35)41-30)34-33(36)40-21-24-11-8-7-9-12-24/h7-9,11-14,18,22,26-28,30H,3,10,15-17,19-21H2,1-2,4-6H3,(H,34,36). The lowest BCUT2D eigenvalue weighted by Crippen LogP contribution is -2.45. The summed E-state index contributed by atoms with van der Waals surface area (Å²) in [5.41, 5.74) is 2.76. The summed E-state index contributed by atoms with van der Waals surface area (Å²) in [5.74, 6) is 1.17. The molecule has 1 saturated heterocycles. The van der Waals surface area contributed by atoms with Gasteiger partial charge in [-0.05, 0) is 54.9 Å². The summed E-state index contributed by atoms with van der Waals surface area (Å²) in [7, 11) is 3.30. The number of cyclic esters (lactones) is 1. The largest absolute Gasteiger partial charge is 0.493 e. The maximum Gasteiger partial charge on any atom is 0.407 e. The van der Waals surface area contributed by atoms with Gasteiger partial charge in [-0.25, -0.2) is 4.79 Å². The molecule has 41 heavy (non-hydrogen) atoms. The van der Waals surface area contributed by atoms with Crippen LogP contribution in [0.15, 0.2) is 60.7 Å². The summed E-state index contributed by atoms with van der Waals surface area (Å²) in [6, 6.07) is 15.1. The second-order valence-electron chi connectivity index (χ2n) is 11.0. The van der Waals surface area contributed by atoms with Gasteiger partial charge in [0.2, 0.25) is 0 Å². The topological polar surface area (TPSA) is 92.3 Å². The Hall–Kier alpha value is -3.52. The van der Waals surface area contributed by atoms with Gasteiger partial charge in [-0.1, -0.05) is 62.4 Å². The molecule has 0 bridgehead atoms. The van der Waals surface area contributed by atoms with Crippen molar-refractivity contribution >= 4 is 12.1 Å². The van der Waals surface area contributed by atoms with Crippen molar-refractivity contribution in [2.75, 3.05) is 27.4 Å². The molecule has 3 rings (SSSR count). The zero-order valence-electron chi connectivity index (χ0n) is 25.0. The molecule has 0 saturated carbocycles. The molecular weight excluding hydrogens is 522 g/mol. The van der Waals surface area contributed by atoms with Gasteiger partial charge >= 0.3 is 12.1 Å². The minimum Gasteiger partial charge on any atom is -0.493 e. The summed E-state index contributed by atoms with van der Waals surface area (Å²) < 4.78 is 27.9. The molecule has 1 aliphatic heterocycles. The molecule has 1 heterocycles. The summed E-state index contributed by atoms with van der Waals surface area (Å²) in [5, 5.41) is 3.03. The number of nitrogens with one attached hydrogen (secondary N) is 1. The van der Waals surface area contributed by atoms with E-state index < -0.39 is 18.2 Å². The predicted octanol–water partition coefficient (Wildman–Crippen LogP) is 6.12. The van der Waals surface area contributed by atoms with E-state index in [0.29, 0.717) is 43.5 Å². The Bertz CT molecular complexity index is 1130. The fourth-order valence-electron chi connectivity index (χ4n) is 5.04. The van der Waals surface area contributed by atoms with E-state index in [9.17, 15) is 9.59 Å². The van der Waals surface area contributed by atoms with Crippen LogP contribution < -0.4 is 14.8 Å². The Morgan fingerprint density at radius 2 is 1.83 bits per heavy atom. The van der Waals surface area contributed by atoms with Crippen LogP contribution in [0.3, 0.4) is 0 Å². The highest BCUT2D eigenvalue weighted by Crippen LogP contribution is 2.34. The number of hydrogen-bond acceptors (Lipinski definition) is 7. The molecule has 2 aromatic carbocycles. The third kappa shape index (κ3) is 9.81. The Morgan fingerprint density at radius 3 is 2.46 bits per heavy atom. The monoisotopic (exact) mass is 567 g/mol. The molecule has 1 aliphatic rings. The fraction of sp³-hybridized carbons (Fsp3) is 0.515. The molecule has 1 fully saturated rings. The summed E-state index contributed by atoms with van der Waals surface area (Å²) >= 11 is 0. The Kier molecular flexibility index (Phi) is 12.5. The quantitative estimate of drug-likeness (QED) is 0.148. The number of carbonyl (C=O) groups excluding carboxylic acids is 2. The van der Waals surface area contributed by atoms with Crippen molar-refractivity contribution in [2.24, 2.45) is 17.8 Å². The molecule has 0 aromatic heterocycles. The second-order valence-corrected chi connectivity index (χ2v) is 11.0. The van der Waals surface area contributed by atoms with Gasteiger partial charge < -0.3 is 29.0 Å². The van der Waals surface area contributed by atoms with Crippen molar-refractivity contribution in [2.45, 2.75) is 65.2 Å². The Morgan fingerprint density at radius 1 is 1.07 bits per heavy atom. The van der Waals surface area contributed by atoms with Gasteiger partial charge in [0, 0.05) is 26.6 Å². The van der Waals surface area contributed by atoms with E-state index in [2.05, 4.69) is 25.7 Å². The van der Waals surface area contributed by atoms with Gasteiger partial charge in [0.1, 0.15) is 12.7 Å². The zero-order valence-corrected chi connectivity index (χ0v) is 25.0. The second kappa shape index (κ2) is 16.1. The van der Waals surface area contributed by atoms with Crippen LogP contribution in [0.25, 0.3) is 0 Å². The number of methoxy groups -OCH3 is 2. The average molecular weight is 568 g/mol. The Balaban J connectivity index is 1.75. The fourth-order valence-corrected chi connectivity index (χ4v) is 5.04. The lowest BCUT2D eigenvalue weighted by molar-refractivity contribution is -0.144. The van der Waals surface area contributed by atoms with Gasteiger partial charge in [0.25, 0.3) is 0 Å². The molecule has 0 radical (unpaired) electrons. The van der Waals surface area contributed by atoms with Crippen molar-refractivity contribution in [3.05, 3.63) is 71.8 Å². The van der Waals surface area contributed by atoms with Gasteiger partial charge in [0.15, 0.2) is 11.5 Å². The first-order chi connectivity index (χ1) is 19.7. The third-order valence-electron chi connectivity index (χ3n) is 7.56. The van der Waals surface area contributed by atoms with Crippen molar-refractivity contribution < 1.29 is 33.3 Å².